The summed E-state index contributed by atoms with van der Waals surface area (Å²) in [4.78, 5) is 10.5. The number of hydrogen-bond acceptors (Lipinski definition) is 8. The van der Waals surface area contributed by atoms with Crippen molar-refractivity contribution < 1.29 is 37.3 Å². The lowest BCUT2D eigenvalue weighted by atomic mass is 9.83. The lowest BCUT2D eigenvalue weighted by Gasteiger charge is -2.37. The monoisotopic (exact) mass is 254 g/mol. The third kappa shape index (κ3) is 3.12. The van der Waals surface area contributed by atoms with E-state index in [1.54, 1.807) is 0 Å². The summed E-state index contributed by atoms with van der Waals surface area (Å²) in [7, 11) is -5.00. The van der Waals surface area contributed by atoms with Gasteiger partial charge in [-0.05, 0) is 12.8 Å². The zero-order valence-electron chi connectivity index (χ0n) is 7.98. The Kier molecular flexibility index (Phi) is 3.86. The number of carboxylic acid groups (broad SMARTS) is 1. The standard InChI is InChI=1S/C7H12O8S/c8-5-3(7(10)11)1-2-4(6(5)9)15-16(12,13)14/h3-6,8-9H,1-2H2,(H,10,11)(H,12,13,14)/p-2/t3?,4?,5-,6+/m0/s1. The molecule has 0 aromatic heterocycles. The van der Waals surface area contributed by atoms with Crippen LogP contribution in [0.5, 0.6) is 0 Å². The number of carbonyl (C=O) groups is 1. The Morgan fingerprint density at radius 3 is 2.25 bits per heavy atom. The normalized spacial score (nSPS) is 35.9. The van der Waals surface area contributed by atoms with Crippen molar-refractivity contribution in [2.75, 3.05) is 0 Å². The van der Waals surface area contributed by atoms with E-state index in [1.165, 1.54) is 0 Å². The Hall–Kier alpha value is -0.740. The van der Waals surface area contributed by atoms with Crippen molar-refractivity contribution in [3.05, 3.63) is 0 Å². The average molecular weight is 254 g/mol. The summed E-state index contributed by atoms with van der Waals surface area (Å²) in [6.07, 6.45) is -5.20. The summed E-state index contributed by atoms with van der Waals surface area (Å²) >= 11 is 0. The van der Waals surface area contributed by atoms with Gasteiger partial charge in [-0.2, -0.15) is 0 Å². The fraction of sp³-hybridized carbons (Fsp3) is 0.857. The molecular weight excluding hydrogens is 244 g/mol. The molecule has 16 heavy (non-hydrogen) atoms. The SMILES string of the molecule is O=C([O-])C1CCC(OS(=O)(=O)[O-])[C@@H](O)[C@H]1O. The molecule has 0 bridgehead atoms. The van der Waals surface area contributed by atoms with E-state index in [9.17, 15) is 33.1 Å². The van der Waals surface area contributed by atoms with Crippen LogP contribution in [0.2, 0.25) is 0 Å². The van der Waals surface area contributed by atoms with E-state index in [4.69, 9.17) is 0 Å². The Morgan fingerprint density at radius 2 is 1.81 bits per heavy atom. The molecule has 0 amide bonds. The van der Waals surface area contributed by atoms with Crippen LogP contribution in [-0.4, -0.2) is 47.5 Å². The molecule has 1 aliphatic carbocycles. The number of aliphatic hydroxyl groups excluding tert-OH is 2. The molecule has 1 aliphatic rings. The van der Waals surface area contributed by atoms with E-state index < -0.39 is 40.6 Å². The van der Waals surface area contributed by atoms with Gasteiger partial charge in [0.15, 0.2) is 0 Å². The minimum Gasteiger partial charge on any atom is -0.726 e. The van der Waals surface area contributed by atoms with Gasteiger partial charge in [-0.25, -0.2) is 8.42 Å². The summed E-state index contributed by atoms with van der Waals surface area (Å²) in [6, 6.07) is 0. The molecule has 0 spiro atoms. The zero-order valence-corrected chi connectivity index (χ0v) is 8.79. The van der Waals surface area contributed by atoms with E-state index >= 15 is 0 Å². The Morgan fingerprint density at radius 1 is 1.25 bits per heavy atom. The van der Waals surface area contributed by atoms with Gasteiger partial charge in [0.1, 0.15) is 12.2 Å². The predicted octanol–water partition coefficient (Wildman–Crippen LogP) is -3.29. The molecule has 2 unspecified atom stereocenters. The van der Waals surface area contributed by atoms with Gasteiger partial charge in [-0.15, -0.1) is 0 Å². The van der Waals surface area contributed by atoms with Crippen LogP contribution in [-0.2, 0) is 19.4 Å². The number of carbonyl (C=O) groups excluding carboxylic acids is 1. The third-order valence-electron chi connectivity index (χ3n) is 2.45. The van der Waals surface area contributed by atoms with Gasteiger partial charge in [-0.3, -0.25) is 4.18 Å². The van der Waals surface area contributed by atoms with Crippen molar-refractivity contribution in [1.82, 2.24) is 0 Å². The molecule has 0 aromatic carbocycles. The number of aliphatic hydroxyl groups is 2. The highest BCUT2D eigenvalue weighted by molar-refractivity contribution is 7.80. The molecule has 0 heterocycles. The first-order valence-electron chi connectivity index (χ1n) is 4.43. The topological polar surface area (TPSA) is 147 Å². The molecule has 0 radical (unpaired) electrons. The van der Waals surface area contributed by atoms with Gasteiger partial charge in [0.25, 0.3) is 0 Å². The smallest absolute Gasteiger partial charge is 0.217 e. The van der Waals surface area contributed by atoms with E-state index in [-0.39, 0.29) is 12.8 Å². The van der Waals surface area contributed by atoms with E-state index in [0.717, 1.165) is 0 Å². The van der Waals surface area contributed by atoms with Crippen LogP contribution in [0.4, 0.5) is 0 Å². The maximum absolute atomic E-state index is 10.5. The van der Waals surface area contributed by atoms with Crippen LogP contribution >= 0.6 is 0 Å². The molecule has 4 atom stereocenters. The number of carboxylic acids is 1. The van der Waals surface area contributed by atoms with E-state index in [1.807, 2.05) is 0 Å². The highest BCUT2D eigenvalue weighted by Gasteiger charge is 2.39. The van der Waals surface area contributed by atoms with Crippen molar-refractivity contribution in [2.24, 2.45) is 5.92 Å². The molecule has 2 N–H and O–H groups in total. The molecule has 8 nitrogen and oxygen atoms in total. The van der Waals surface area contributed by atoms with E-state index in [2.05, 4.69) is 4.18 Å². The highest BCUT2D eigenvalue weighted by atomic mass is 32.3. The first kappa shape index (κ1) is 13.3. The van der Waals surface area contributed by atoms with Crippen LogP contribution in [0.25, 0.3) is 0 Å². The van der Waals surface area contributed by atoms with Crippen molar-refractivity contribution in [3.8, 4) is 0 Å². The Bertz CT molecular complexity index is 363. The maximum Gasteiger partial charge on any atom is 0.217 e. The number of rotatable bonds is 3. The molecule has 9 heteroatoms. The summed E-state index contributed by atoms with van der Waals surface area (Å²) in [5.41, 5.74) is 0. The van der Waals surface area contributed by atoms with Gasteiger partial charge < -0.3 is 24.7 Å². The minimum absolute atomic E-state index is 0.138. The third-order valence-corrected chi connectivity index (χ3v) is 2.93. The van der Waals surface area contributed by atoms with Crippen molar-refractivity contribution in [3.63, 3.8) is 0 Å². The van der Waals surface area contributed by atoms with Crippen LogP contribution in [0, 0.1) is 5.92 Å². The summed E-state index contributed by atoms with van der Waals surface area (Å²) in [5, 5.41) is 29.2. The number of hydrogen-bond donors (Lipinski definition) is 2. The average Bonchev–Trinajstić information content (AvgIpc) is 2.10. The Balaban J connectivity index is 2.72. The summed E-state index contributed by atoms with van der Waals surface area (Å²) in [5.74, 6) is -2.85. The second-order valence-corrected chi connectivity index (χ2v) is 4.54. The maximum atomic E-state index is 10.5. The molecule has 1 rings (SSSR count). The molecule has 1 fully saturated rings. The van der Waals surface area contributed by atoms with Gasteiger partial charge in [0, 0.05) is 11.9 Å². The van der Waals surface area contributed by atoms with Crippen molar-refractivity contribution in [2.45, 2.75) is 31.2 Å². The van der Waals surface area contributed by atoms with Crippen molar-refractivity contribution in [1.29, 1.82) is 0 Å². The second kappa shape index (κ2) is 4.63. The minimum atomic E-state index is -5.00. The lowest BCUT2D eigenvalue weighted by molar-refractivity contribution is -0.317. The lowest BCUT2D eigenvalue weighted by Crippen LogP contribution is -2.53. The van der Waals surface area contributed by atoms with Crippen LogP contribution in [0.1, 0.15) is 12.8 Å². The van der Waals surface area contributed by atoms with Crippen molar-refractivity contribution >= 4 is 16.4 Å². The van der Waals surface area contributed by atoms with Crippen LogP contribution < -0.4 is 5.11 Å². The molecule has 94 valence electrons. The van der Waals surface area contributed by atoms with Gasteiger partial charge >= 0.3 is 0 Å². The van der Waals surface area contributed by atoms with Gasteiger partial charge in [0.2, 0.25) is 10.4 Å². The largest absolute Gasteiger partial charge is 0.726 e. The number of aliphatic carboxylic acids is 1. The van der Waals surface area contributed by atoms with E-state index in [0.29, 0.717) is 0 Å². The predicted molar refractivity (Wildman–Crippen MR) is 44.3 cm³/mol. The fourth-order valence-corrected chi connectivity index (χ4v) is 2.17. The molecule has 0 saturated heterocycles. The highest BCUT2D eigenvalue weighted by Crippen LogP contribution is 2.27. The quantitative estimate of drug-likeness (QED) is 0.393. The van der Waals surface area contributed by atoms with Gasteiger partial charge in [0.05, 0.1) is 6.10 Å². The summed E-state index contributed by atoms with van der Waals surface area (Å²) in [6.45, 7) is 0. The second-order valence-electron chi connectivity index (χ2n) is 3.53. The zero-order chi connectivity index (χ0) is 12.5. The summed E-state index contributed by atoms with van der Waals surface area (Å²) < 4.78 is 34.8. The Labute approximate surface area is 91.4 Å². The molecule has 1 saturated carbocycles. The molecular formula is C7H10O8S-2. The molecule has 0 aromatic rings. The first-order chi connectivity index (χ1) is 7.22. The van der Waals surface area contributed by atoms with Gasteiger partial charge in [-0.1, -0.05) is 0 Å². The van der Waals surface area contributed by atoms with Crippen LogP contribution in [0.3, 0.4) is 0 Å². The van der Waals surface area contributed by atoms with Crippen LogP contribution in [0.15, 0.2) is 0 Å². The fourth-order valence-electron chi connectivity index (χ4n) is 1.66. The molecule has 0 aliphatic heterocycles. The first-order valence-corrected chi connectivity index (χ1v) is 5.77.